The molecule has 3 aromatic rings. The average molecular weight is 380 g/mol. The molecule has 1 amide bonds. The fraction of sp³-hybridized carbons (Fsp3) is 0.0625. The fourth-order valence-corrected chi connectivity index (χ4v) is 2.68. The van der Waals surface area contributed by atoms with E-state index in [0.717, 1.165) is 6.07 Å². The number of thiazole rings is 1. The maximum Gasteiger partial charge on any atom is 0.573 e. The number of hydrogen-bond donors (Lipinski definition) is 2. The average Bonchev–Trinajstić information content (AvgIpc) is 3.05. The number of nitrogens with zero attached hydrogens (tertiary/aromatic N) is 2. The first-order chi connectivity index (χ1) is 12.4. The van der Waals surface area contributed by atoms with Crippen molar-refractivity contribution in [3.63, 3.8) is 0 Å². The van der Waals surface area contributed by atoms with Crippen molar-refractivity contribution in [3.05, 3.63) is 59.9 Å². The highest BCUT2D eigenvalue weighted by molar-refractivity contribution is 7.14. The molecule has 0 atom stereocenters. The van der Waals surface area contributed by atoms with Crippen molar-refractivity contribution in [2.24, 2.45) is 0 Å². The highest BCUT2D eigenvalue weighted by Gasteiger charge is 2.32. The van der Waals surface area contributed by atoms with E-state index in [-0.39, 0.29) is 11.4 Å². The third kappa shape index (κ3) is 4.70. The monoisotopic (exact) mass is 380 g/mol. The molecule has 0 saturated heterocycles. The second-order valence-electron chi connectivity index (χ2n) is 4.90. The molecule has 0 bridgehead atoms. The Hall–Kier alpha value is -3.14. The van der Waals surface area contributed by atoms with Gasteiger partial charge in [-0.05, 0) is 24.3 Å². The predicted octanol–water partition coefficient (Wildman–Crippen LogP) is 4.43. The summed E-state index contributed by atoms with van der Waals surface area (Å²) in [5.74, 6) is -1.16. The molecule has 0 spiro atoms. The third-order valence-electron chi connectivity index (χ3n) is 3.01. The first-order valence-corrected chi connectivity index (χ1v) is 8.07. The van der Waals surface area contributed by atoms with Gasteiger partial charge in [0.05, 0.1) is 17.6 Å². The van der Waals surface area contributed by atoms with Gasteiger partial charge in [0.1, 0.15) is 5.69 Å². The van der Waals surface area contributed by atoms with Crippen molar-refractivity contribution in [1.29, 1.82) is 0 Å². The van der Waals surface area contributed by atoms with Gasteiger partial charge in [-0.3, -0.25) is 9.78 Å². The van der Waals surface area contributed by atoms with Crippen LogP contribution in [0.3, 0.4) is 0 Å². The smallest absolute Gasteiger partial charge is 0.404 e. The van der Waals surface area contributed by atoms with Gasteiger partial charge in [-0.1, -0.05) is 12.1 Å². The number of pyridine rings is 1. The van der Waals surface area contributed by atoms with Crippen LogP contribution in [0.5, 0.6) is 5.75 Å². The van der Waals surface area contributed by atoms with Crippen molar-refractivity contribution < 1.29 is 22.7 Å². The number of benzene rings is 1. The molecule has 0 aliphatic carbocycles. The molecule has 6 nitrogen and oxygen atoms in total. The lowest BCUT2D eigenvalue weighted by Crippen LogP contribution is -2.19. The van der Waals surface area contributed by atoms with Crippen LogP contribution in [0.15, 0.2) is 54.2 Å². The molecule has 10 heteroatoms. The molecular weight excluding hydrogens is 369 g/mol. The summed E-state index contributed by atoms with van der Waals surface area (Å²) in [5.41, 5.74) is 0.644. The summed E-state index contributed by atoms with van der Waals surface area (Å²) >= 11 is 1.18. The quantitative estimate of drug-likeness (QED) is 0.685. The highest BCUT2D eigenvalue weighted by atomic mass is 32.1. The van der Waals surface area contributed by atoms with Crippen LogP contribution in [-0.2, 0) is 0 Å². The number of para-hydroxylation sites is 2. The van der Waals surface area contributed by atoms with E-state index in [0.29, 0.717) is 10.8 Å². The van der Waals surface area contributed by atoms with Gasteiger partial charge < -0.3 is 15.4 Å². The molecule has 1 aromatic carbocycles. The Morgan fingerprint density at radius 3 is 2.69 bits per heavy atom. The molecule has 0 saturated carbocycles. The Morgan fingerprint density at radius 2 is 1.96 bits per heavy atom. The maximum absolute atomic E-state index is 12.4. The van der Waals surface area contributed by atoms with E-state index < -0.39 is 18.0 Å². The maximum atomic E-state index is 12.4. The summed E-state index contributed by atoms with van der Waals surface area (Å²) in [6.45, 7) is 0. The number of alkyl halides is 3. The summed E-state index contributed by atoms with van der Waals surface area (Å²) in [6.07, 6.45) is -1.65. The number of carbonyl (C=O) groups is 1. The Labute approximate surface area is 149 Å². The molecule has 26 heavy (non-hydrogen) atoms. The molecule has 2 heterocycles. The molecule has 0 radical (unpaired) electrons. The first kappa shape index (κ1) is 17.7. The summed E-state index contributed by atoms with van der Waals surface area (Å²) in [7, 11) is 0. The lowest BCUT2D eigenvalue weighted by atomic mass is 10.3. The van der Waals surface area contributed by atoms with E-state index in [1.807, 2.05) is 0 Å². The normalized spacial score (nSPS) is 11.0. The Bertz CT molecular complexity index is 900. The van der Waals surface area contributed by atoms with Gasteiger partial charge in [-0.25, -0.2) is 4.98 Å². The Kier molecular flexibility index (Phi) is 5.03. The van der Waals surface area contributed by atoms with Gasteiger partial charge in [0.2, 0.25) is 0 Å². The number of anilines is 3. The largest absolute Gasteiger partial charge is 0.573 e. The lowest BCUT2D eigenvalue weighted by molar-refractivity contribution is -0.274. The molecule has 0 aliphatic heterocycles. The predicted molar refractivity (Wildman–Crippen MR) is 90.7 cm³/mol. The van der Waals surface area contributed by atoms with Crippen LogP contribution in [0.2, 0.25) is 0 Å². The zero-order valence-electron chi connectivity index (χ0n) is 12.9. The SMILES string of the molecule is O=C(Nc1ccccc1OC(F)(F)F)c1csc(Nc2cccnc2)n1. The number of amides is 1. The zero-order valence-corrected chi connectivity index (χ0v) is 13.8. The number of rotatable bonds is 5. The molecule has 3 rings (SSSR count). The number of carbonyl (C=O) groups excluding carboxylic acids is 1. The van der Waals surface area contributed by atoms with E-state index in [9.17, 15) is 18.0 Å². The van der Waals surface area contributed by atoms with Crippen molar-refractivity contribution in [3.8, 4) is 5.75 Å². The Morgan fingerprint density at radius 1 is 1.15 bits per heavy atom. The molecule has 0 aliphatic rings. The van der Waals surface area contributed by atoms with E-state index in [2.05, 4.69) is 25.3 Å². The molecule has 0 unspecified atom stereocenters. The number of nitrogens with one attached hydrogen (secondary N) is 2. The van der Waals surface area contributed by atoms with Crippen LogP contribution >= 0.6 is 11.3 Å². The lowest BCUT2D eigenvalue weighted by Gasteiger charge is -2.13. The van der Waals surface area contributed by atoms with E-state index >= 15 is 0 Å². The minimum Gasteiger partial charge on any atom is -0.404 e. The zero-order chi connectivity index (χ0) is 18.6. The second kappa shape index (κ2) is 7.40. The summed E-state index contributed by atoms with van der Waals surface area (Å²) in [4.78, 5) is 20.3. The highest BCUT2D eigenvalue weighted by Crippen LogP contribution is 2.30. The van der Waals surface area contributed by atoms with Crippen LogP contribution in [0.25, 0.3) is 0 Å². The topological polar surface area (TPSA) is 76.1 Å². The Balaban J connectivity index is 1.71. The summed E-state index contributed by atoms with van der Waals surface area (Å²) in [6, 6.07) is 8.78. The first-order valence-electron chi connectivity index (χ1n) is 7.19. The van der Waals surface area contributed by atoms with Crippen LogP contribution < -0.4 is 15.4 Å². The minimum absolute atomic E-state index is 0.0585. The van der Waals surface area contributed by atoms with Gasteiger partial charge >= 0.3 is 6.36 Å². The fourth-order valence-electron chi connectivity index (χ4n) is 1.97. The van der Waals surface area contributed by atoms with Crippen LogP contribution in [0, 0.1) is 0 Å². The summed E-state index contributed by atoms with van der Waals surface area (Å²) < 4.78 is 41.2. The van der Waals surface area contributed by atoms with Gasteiger partial charge in [0.25, 0.3) is 5.91 Å². The van der Waals surface area contributed by atoms with E-state index in [4.69, 9.17) is 0 Å². The van der Waals surface area contributed by atoms with E-state index in [1.165, 1.54) is 34.9 Å². The standard InChI is InChI=1S/C16H11F3N4O2S/c17-16(18,19)25-13-6-2-1-5-11(13)22-14(24)12-9-26-15(23-12)21-10-4-3-7-20-8-10/h1-9H,(H,21,23)(H,22,24). The molecule has 2 N–H and O–H groups in total. The molecule has 0 fully saturated rings. The number of halogens is 3. The third-order valence-corrected chi connectivity index (χ3v) is 3.77. The van der Waals surface area contributed by atoms with Crippen molar-refractivity contribution in [1.82, 2.24) is 9.97 Å². The molecule has 2 aromatic heterocycles. The van der Waals surface area contributed by atoms with Gasteiger partial charge in [-0.2, -0.15) is 0 Å². The van der Waals surface area contributed by atoms with Crippen LogP contribution in [0.1, 0.15) is 10.5 Å². The van der Waals surface area contributed by atoms with E-state index in [1.54, 1.807) is 24.5 Å². The minimum atomic E-state index is -4.86. The summed E-state index contributed by atoms with van der Waals surface area (Å²) in [5, 5.41) is 7.28. The van der Waals surface area contributed by atoms with Gasteiger partial charge in [0.15, 0.2) is 10.9 Å². The van der Waals surface area contributed by atoms with Crippen molar-refractivity contribution >= 4 is 33.8 Å². The van der Waals surface area contributed by atoms with Crippen LogP contribution in [0.4, 0.5) is 29.7 Å². The van der Waals surface area contributed by atoms with Crippen molar-refractivity contribution in [2.75, 3.05) is 10.6 Å². The molecular formula is C16H11F3N4O2S. The van der Waals surface area contributed by atoms with Crippen LogP contribution in [-0.4, -0.2) is 22.2 Å². The van der Waals surface area contributed by atoms with Gasteiger partial charge in [-0.15, -0.1) is 24.5 Å². The number of aromatic nitrogens is 2. The molecule has 134 valence electrons. The number of hydrogen-bond acceptors (Lipinski definition) is 6. The van der Waals surface area contributed by atoms with Gasteiger partial charge in [0, 0.05) is 11.6 Å². The van der Waals surface area contributed by atoms with Crippen molar-refractivity contribution in [2.45, 2.75) is 6.36 Å². The second-order valence-corrected chi connectivity index (χ2v) is 5.76. The number of ether oxygens (including phenoxy) is 1.